The number of aromatic nitrogens is 2. The van der Waals surface area contributed by atoms with E-state index in [4.69, 9.17) is 14.2 Å². The minimum atomic E-state index is -3.67. The highest BCUT2D eigenvalue weighted by atomic mass is 32.2. The van der Waals surface area contributed by atoms with Crippen molar-refractivity contribution in [2.24, 2.45) is 0 Å². The largest absolute Gasteiger partial charge is 0.495 e. The summed E-state index contributed by atoms with van der Waals surface area (Å²) >= 11 is 0. The van der Waals surface area contributed by atoms with E-state index in [9.17, 15) is 8.42 Å². The zero-order valence-corrected chi connectivity index (χ0v) is 15.7. The van der Waals surface area contributed by atoms with E-state index in [1.165, 1.54) is 30.9 Å². The SMILES string of the molecule is COc1cncc(O[C@@H]2CCN(S(=O)(=O)c3cc(C)ccc3OC)C2)n1. The van der Waals surface area contributed by atoms with Crippen LogP contribution in [0.2, 0.25) is 0 Å². The van der Waals surface area contributed by atoms with E-state index in [-0.39, 0.29) is 17.5 Å². The number of rotatable bonds is 6. The molecule has 2 heterocycles. The number of methoxy groups -OCH3 is 2. The molecule has 1 aromatic carbocycles. The van der Waals surface area contributed by atoms with Crippen LogP contribution in [0.5, 0.6) is 17.5 Å². The highest BCUT2D eigenvalue weighted by Crippen LogP contribution is 2.30. The fourth-order valence-electron chi connectivity index (χ4n) is 2.79. The monoisotopic (exact) mass is 379 g/mol. The average Bonchev–Trinajstić information content (AvgIpc) is 3.11. The summed E-state index contributed by atoms with van der Waals surface area (Å²) in [4.78, 5) is 8.30. The molecule has 140 valence electrons. The van der Waals surface area contributed by atoms with E-state index >= 15 is 0 Å². The second kappa shape index (κ2) is 7.46. The summed E-state index contributed by atoms with van der Waals surface area (Å²) in [7, 11) is -0.722. The van der Waals surface area contributed by atoms with Crippen molar-refractivity contribution < 1.29 is 22.6 Å². The predicted molar refractivity (Wildman–Crippen MR) is 94.1 cm³/mol. The molecule has 8 nitrogen and oxygen atoms in total. The number of benzene rings is 1. The van der Waals surface area contributed by atoms with Gasteiger partial charge in [0, 0.05) is 6.54 Å². The molecule has 1 aliphatic rings. The molecule has 1 saturated heterocycles. The quantitative estimate of drug-likeness (QED) is 0.753. The second-order valence-corrected chi connectivity index (χ2v) is 7.85. The molecule has 9 heteroatoms. The van der Waals surface area contributed by atoms with Gasteiger partial charge in [0.25, 0.3) is 0 Å². The number of nitrogens with zero attached hydrogens (tertiary/aromatic N) is 3. The van der Waals surface area contributed by atoms with Gasteiger partial charge in [0.1, 0.15) is 16.7 Å². The van der Waals surface area contributed by atoms with Gasteiger partial charge in [-0.3, -0.25) is 4.98 Å². The maximum atomic E-state index is 13.0. The summed E-state index contributed by atoms with van der Waals surface area (Å²) in [5, 5.41) is 0. The third-order valence-corrected chi connectivity index (χ3v) is 6.02. The Labute approximate surface area is 152 Å². The number of sulfonamides is 1. The Kier molecular flexibility index (Phi) is 5.28. The molecule has 0 aliphatic carbocycles. The van der Waals surface area contributed by atoms with Crippen molar-refractivity contribution in [2.45, 2.75) is 24.3 Å². The number of ether oxygens (including phenoxy) is 3. The fraction of sp³-hybridized carbons (Fsp3) is 0.412. The number of hydrogen-bond acceptors (Lipinski definition) is 7. The summed E-state index contributed by atoms with van der Waals surface area (Å²) in [6, 6.07) is 5.10. The molecule has 0 radical (unpaired) electrons. The Morgan fingerprint density at radius 1 is 1.15 bits per heavy atom. The lowest BCUT2D eigenvalue weighted by Gasteiger charge is -2.19. The second-order valence-electron chi connectivity index (χ2n) is 5.95. The normalized spacial score (nSPS) is 17.9. The molecule has 3 rings (SSSR count). The molecule has 26 heavy (non-hydrogen) atoms. The van der Waals surface area contributed by atoms with Crippen molar-refractivity contribution in [2.75, 3.05) is 27.3 Å². The van der Waals surface area contributed by atoms with Gasteiger partial charge in [-0.15, -0.1) is 0 Å². The Hall–Kier alpha value is -2.39. The molecule has 1 atom stereocenters. The summed E-state index contributed by atoms with van der Waals surface area (Å²) in [5.74, 6) is 0.981. The molecule has 0 N–H and O–H groups in total. The Bertz CT molecular complexity index is 888. The first-order valence-corrected chi connectivity index (χ1v) is 9.55. The van der Waals surface area contributed by atoms with Crippen molar-refractivity contribution in [3.63, 3.8) is 0 Å². The Balaban J connectivity index is 1.76. The van der Waals surface area contributed by atoms with Gasteiger partial charge in [0.05, 0.1) is 33.2 Å². The molecule has 1 aliphatic heterocycles. The topological polar surface area (TPSA) is 90.9 Å². The van der Waals surface area contributed by atoms with E-state index in [0.717, 1.165) is 5.56 Å². The van der Waals surface area contributed by atoms with Crippen molar-refractivity contribution >= 4 is 10.0 Å². The van der Waals surface area contributed by atoms with E-state index in [0.29, 0.717) is 30.5 Å². The van der Waals surface area contributed by atoms with Crippen LogP contribution < -0.4 is 14.2 Å². The number of aryl methyl sites for hydroxylation is 1. The van der Waals surface area contributed by atoms with Gasteiger partial charge in [-0.25, -0.2) is 8.42 Å². The van der Waals surface area contributed by atoms with Crippen LogP contribution >= 0.6 is 0 Å². The van der Waals surface area contributed by atoms with Crippen LogP contribution in [0.15, 0.2) is 35.5 Å². The van der Waals surface area contributed by atoms with Crippen LogP contribution in [0.4, 0.5) is 0 Å². The first-order chi connectivity index (χ1) is 12.4. The third-order valence-electron chi connectivity index (χ3n) is 4.13. The predicted octanol–water partition coefficient (Wildman–Crippen LogP) is 1.64. The van der Waals surface area contributed by atoms with Crippen molar-refractivity contribution in [1.29, 1.82) is 0 Å². The lowest BCUT2D eigenvalue weighted by atomic mass is 10.2. The number of hydrogen-bond donors (Lipinski definition) is 0. The fourth-order valence-corrected chi connectivity index (χ4v) is 4.52. The zero-order chi connectivity index (χ0) is 18.7. The molecule has 2 aromatic rings. The van der Waals surface area contributed by atoms with E-state index < -0.39 is 10.0 Å². The van der Waals surface area contributed by atoms with Crippen molar-refractivity contribution in [3.05, 3.63) is 36.2 Å². The van der Waals surface area contributed by atoms with Gasteiger partial charge in [-0.1, -0.05) is 6.07 Å². The summed E-state index contributed by atoms with van der Waals surface area (Å²) < 4.78 is 43.4. The first kappa shape index (κ1) is 18.4. The highest BCUT2D eigenvalue weighted by Gasteiger charge is 2.35. The van der Waals surface area contributed by atoms with Crippen molar-refractivity contribution in [1.82, 2.24) is 14.3 Å². The molecule has 0 saturated carbocycles. The van der Waals surface area contributed by atoms with Gasteiger partial charge < -0.3 is 14.2 Å². The van der Waals surface area contributed by atoms with E-state index in [2.05, 4.69) is 9.97 Å². The molecule has 0 amide bonds. The smallest absolute Gasteiger partial charge is 0.246 e. The lowest BCUT2D eigenvalue weighted by Crippen LogP contribution is -2.31. The zero-order valence-electron chi connectivity index (χ0n) is 14.9. The van der Waals surface area contributed by atoms with Gasteiger partial charge in [-0.05, 0) is 31.0 Å². The van der Waals surface area contributed by atoms with E-state index in [1.807, 2.05) is 13.0 Å². The van der Waals surface area contributed by atoms with Gasteiger partial charge in [0.2, 0.25) is 21.8 Å². The highest BCUT2D eigenvalue weighted by molar-refractivity contribution is 7.89. The van der Waals surface area contributed by atoms with Gasteiger partial charge >= 0.3 is 0 Å². The van der Waals surface area contributed by atoms with Crippen LogP contribution in [0.25, 0.3) is 0 Å². The van der Waals surface area contributed by atoms with Crippen LogP contribution in [0, 0.1) is 6.92 Å². The molecular weight excluding hydrogens is 358 g/mol. The molecule has 1 fully saturated rings. The Morgan fingerprint density at radius 2 is 1.92 bits per heavy atom. The molecule has 0 unspecified atom stereocenters. The third kappa shape index (κ3) is 3.73. The summed E-state index contributed by atoms with van der Waals surface area (Å²) in [6.45, 7) is 2.44. The molecule has 1 aromatic heterocycles. The van der Waals surface area contributed by atoms with Crippen LogP contribution in [0.3, 0.4) is 0 Å². The van der Waals surface area contributed by atoms with Gasteiger partial charge in [-0.2, -0.15) is 9.29 Å². The summed E-state index contributed by atoms with van der Waals surface area (Å²) in [5.41, 5.74) is 0.850. The minimum absolute atomic E-state index is 0.168. The molecule has 0 bridgehead atoms. The van der Waals surface area contributed by atoms with Crippen LogP contribution in [-0.2, 0) is 10.0 Å². The van der Waals surface area contributed by atoms with Crippen LogP contribution in [0.1, 0.15) is 12.0 Å². The Morgan fingerprint density at radius 3 is 2.65 bits per heavy atom. The maximum Gasteiger partial charge on any atom is 0.246 e. The minimum Gasteiger partial charge on any atom is -0.495 e. The maximum absolute atomic E-state index is 13.0. The van der Waals surface area contributed by atoms with Gasteiger partial charge in [0.15, 0.2) is 0 Å². The lowest BCUT2D eigenvalue weighted by molar-refractivity contribution is 0.203. The first-order valence-electron chi connectivity index (χ1n) is 8.11. The van der Waals surface area contributed by atoms with E-state index in [1.54, 1.807) is 12.1 Å². The molecule has 0 spiro atoms. The van der Waals surface area contributed by atoms with Crippen molar-refractivity contribution in [3.8, 4) is 17.5 Å². The molecular formula is C17H21N3O5S. The average molecular weight is 379 g/mol. The summed E-state index contributed by atoms with van der Waals surface area (Å²) in [6.07, 6.45) is 3.21. The standard InChI is InChI=1S/C17H21N3O5S/c1-12-4-5-14(23-2)15(8-12)26(21,22)20-7-6-13(11-20)25-17-10-18-9-16(19-17)24-3/h4-5,8-10,13H,6-7,11H2,1-3H3/t13-/m1/s1. The van der Waals surface area contributed by atoms with Crippen LogP contribution in [-0.4, -0.2) is 56.1 Å².